The van der Waals surface area contributed by atoms with E-state index in [0.29, 0.717) is 13.0 Å². The van der Waals surface area contributed by atoms with Crippen LogP contribution >= 0.6 is 11.3 Å². The van der Waals surface area contributed by atoms with Crippen molar-refractivity contribution >= 4 is 21.4 Å². The van der Waals surface area contributed by atoms with Gasteiger partial charge in [0.25, 0.3) is 0 Å². The number of hydrogen-bond acceptors (Lipinski definition) is 3. The van der Waals surface area contributed by atoms with Gasteiger partial charge in [0.05, 0.1) is 5.75 Å². The first-order valence-corrected chi connectivity index (χ1v) is 9.12. The van der Waals surface area contributed by atoms with Crippen LogP contribution < -0.4 is 4.72 Å². The number of hydrogen-bond donors (Lipinski definition) is 1. The molecule has 1 aliphatic carbocycles. The van der Waals surface area contributed by atoms with E-state index < -0.39 is 10.0 Å². The van der Waals surface area contributed by atoms with Gasteiger partial charge in [0.2, 0.25) is 10.0 Å². The van der Waals surface area contributed by atoms with Crippen molar-refractivity contribution < 1.29 is 8.42 Å². The molecule has 0 atom stereocenters. The van der Waals surface area contributed by atoms with E-state index in [1.807, 2.05) is 6.92 Å². The topological polar surface area (TPSA) is 46.2 Å². The standard InChI is InChI=1S/C13H21NO2S2/c1-2-10-18(15,16)14-11-13(7-3-4-8-13)12-6-5-9-17-12/h5-6,9,14H,2-4,7-8,10-11H2,1H3. The fraction of sp³-hybridized carbons (Fsp3) is 0.692. The maximum Gasteiger partial charge on any atom is 0.211 e. The van der Waals surface area contributed by atoms with Gasteiger partial charge < -0.3 is 0 Å². The van der Waals surface area contributed by atoms with Crippen LogP contribution in [0.2, 0.25) is 0 Å². The maximum atomic E-state index is 11.8. The molecule has 1 N–H and O–H groups in total. The molecule has 1 fully saturated rings. The summed E-state index contributed by atoms with van der Waals surface area (Å²) in [6.07, 6.45) is 5.27. The van der Waals surface area contributed by atoms with E-state index in [1.165, 1.54) is 17.7 Å². The summed E-state index contributed by atoms with van der Waals surface area (Å²) in [6, 6.07) is 4.20. The van der Waals surface area contributed by atoms with Crippen LogP contribution in [0.5, 0.6) is 0 Å². The molecule has 0 unspecified atom stereocenters. The van der Waals surface area contributed by atoms with Gasteiger partial charge >= 0.3 is 0 Å². The summed E-state index contributed by atoms with van der Waals surface area (Å²) in [5, 5.41) is 2.08. The Balaban J connectivity index is 2.09. The van der Waals surface area contributed by atoms with E-state index in [2.05, 4.69) is 22.2 Å². The van der Waals surface area contributed by atoms with Gasteiger partial charge in [-0.1, -0.05) is 25.8 Å². The van der Waals surface area contributed by atoms with Crippen LogP contribution in [0.4, 0.5) is 0 Å². The zero-order valence-corrected chi connectivity index (χ0v) is 12.4. The first kappa shape index (κ1) is 14.0. The molecule has 0 aliphatic heterocycles. The van der Waals surface area contributed by atoms with Gasteiger partial charge in [-0.2, -0.15) is 0 Å². The molecule has 0 aromatic carbocycles. The van der Waals surface area contributed by atoms with Gasteiger partial charge in [-0.15, -0.1) is 11.3 Å². The highest BCUT2D eigenvalue weighted by Gasteiger charge is 2.37. The number of thiophene rings is 1. The van der Waals surface area contributed by atoms with E-state index in [0.717, 1.165) is 12.8 Å². The lowest BCUT2D eigenvalue weighted by Crippen LogP contribution is -2.39. The second-order valence-electron chi connectivity index (χ2n) is 5.10. The lowest BCUT2D eigenvalue weighted by atomic mass is 9.85. The predicted molar refractivity (Wildman–Crippen MR) is 76.5 cm³/mol. The highest BCUT2D eigenvalue weighted by molar-refractivity contribution is 7.89. The lowest BCUT2D eigenvalue weighted by molar-refractivity contribution is 0.440. The Hall–Kier alpha value is -0.390. The summed E-state index contributed by atoms with van der Waals surface area (Å²) >= 11 is 1.75. The van der Waals surface area contributed by atoms with Gasteiger partial charge in [0, 0.05) is 16.8 Å². The largest absolute Gasteiger partial charge is 0.214 e. The van der Waals surface area contributed by atoms with Crippen LogP contribution in [0.3, 0.4) is 0 Å². The van der Waals surface area contributed by atoms with Gasteiger partial charge in [0.15, 0.2) is 0 Å². The summed E-state index contributed by atoms with van der Waals surface area (Å²) < 4.78 is 26.4. The van der Waals surface area contributed by atoms with Gasteiger partial charge in [-0.3, -0.25) is 0 Å². The van der Waals surface area contributed by atoms with Crippen molar-refractivity contribution in [2.24, 2.45) is 0 Å². The van der Waals surface area contributed by atoms with Crippen molar-refractivity contribution in [3.63, 3.8) is 0 Å². The molecule has 0 spiro atoms. The molecule has 1 heterocycles. The number of rotatable bonds is 6. The Morgan fingerprint density at radius 2 is 2.11 bits per heavy atom. The zero-order valence-electron chi connectivity index (χ0n) is 10.8. The Bertz CT molecular complexity index is 459. The van der Waals surface area contributed by atoms with Crippen molar-refractivity contribution in [1.29, 1.82) is 0 Å². The summed E-state index contributed by atoms with van der Waals surface area (Å²) in [7, 11) is -3.09. The molecule has 0 amide bonds. The van der Waals surface area contributed by atoms with Crippen molar-refractivity contribution in [2.45, 2.75) is 44.4 Å². The number of nitrogens with one attached hydrogen (secondary N) is 1. The summed E-state index contributed by atoms with van der Waals surface area (Å²) in [6.45, 7) is 2.46. The highest BCUT2D eigenvalue weighted by atomic mass is 32.2. The quantitative estimate of drug-likeness (QED) is 0.874. The van der Waals surface area contributed by atoms with Crippen LogP contribution in [0.15, 0.2) is 17.5 Å². The molecule has 1 aromatic heterocycles. The Labute approximate surface area is 114 Å². The Morgan fingerprint density at radius 1 is 1.39 bits per heavy atom. The monoisotopic (exact) mass is 287 g/mol. The summed E-state index contributed by atoms with van der Waals surface area (Å²) in [4.78, 5) is 1.33. The molecular weight excluding hydrogens is 266 g/mol. The lowest BCUT2D eigenvalue weighted by Gasteiger charge is -2.28. The average molecular weight is 287 g/mol. The van der Waals surface area contributed by atoms with Crippen molar-refractivity contribution in [2.75, 3.05) is 12.3 Å². The third kappa shape index (κ3) is 3.13. The fourth-order valence-electron chi connectivity index (χ4n) is 2.73. The smallest absolute Gasteiger partial charge is 0.211 e. The third-order valence-corrected chi connectivity index (χ3v) is 6.35. The molecule has 0 radical (unpaired) electrons. The minimum absolute atomic E-state index is 0.0506. The average Bonchev–Trinajstić information content (AvgIpc) is 2.99. The van der Waals surface area contributed by atoms with Gasteiger partial charge in [-0.25, -0.2) is 13.1 Å². The van der Waals surface area contributed by atoms with E-state index in [1.54, 1.807) is 11.3 Å². The van der Waals surface area contributed by atoms with E-state index >= 15 is 0 Å². The summed E-state index contributed by atoms with van der Waals surface area (Å²) in [5.74, 6) is 0.230. The van der Waals surface area contributed by atoms with Crippen molar-refractivity contribution in [3.8, 4) is 0 Å². The van der Waals surface area contributed by atoms with Gasteiger partial charge in [-0.05, 0) is 30.7 Å². The second kappa shape index (κ2) is 5.72. The molecule has 2 rings (SSSR count). The van der Waals surface area contributed by atoms with E-state index in [9.17, 15) is 8.42 Å². The maximum absolute atomic E-state index is 11.8. The predicted octanol–water partition coefficient (Wildman–Crippen LogP) is 2.89. The van der Waals surface area contributed by atoms with Crippen LogP contribution in [0.1, 0.15) is 43.9 Å². The highest BCUT2D eigenvalue weighted by Crippen LogP contribution is 2.42. The molecule has 1 aliphatic rings. The van der Waals surface area contributed by atoms with E-state index in [4.69, 9.17) is 0 Å². The molecule has 1 aromatic rings. The third-order valence-electron chi connectivity index (χ3n) is 3.71. The normalized spacial score (nSPS) is 19.2. The molecule has 3 nitrogen and oxygen atoms in total. The molecule has 5 heteroatoms. The SMILES string of the molecule is CCCS(=O)(=O)NCC1(c2cccs2)CCCC1. The van der Waals surface area contributed by atoms with Gasteiger partial charge in [0.1, 0.15) is 0 Å². The van der Waals surface area contributed by atoms with Crippen LogP contribution in [0, 0.1) is 0 Å². The van der Waals surface area contributed by atoms with Crippen LogP contribution in [0.25, 0.3) is 0 Å². The zero-order chi connectivity index (χ0) is 13.1. The Kier molecular flexibility index (Phi) is 4.45. The molecule has 1 saturated carbocycles. The number of sulfonamides is 1. The van der Waals surface area contributed by atoms with E-state index in [-0.39, 0.29) is 11.2 Å². The van der Waals surface area contributed by atoms with Crippen LogP contribution in [-0.2, 0) is 15.4 Å². The second-order valence-corrected chi connectivity index (χ2v) is 7.98. The molecule has 0 saturated heterocycles. The molecule has 18 heavy (non-hydrogen) atoms. The minimum Gasteiger partial charge on any atom is -0.214 e. The minimum atomic E-state index is -3.09. The van der Waals surface area contributed by atoms with Crippen LogP contribution in [-0.4, -0.2) is 20.7 Å². The molecule has 0 bridgehead atoms. The Morgan fingerprint density at radius 3 is 2.67 bits per heavy atom. The van der Waals surface area contributed by atoms with Crippen molar-refractivity contribution in [3.05, 3.63) is 22.4 Å². The molecular formula is C13H21NO2S2. The first-order chi connectivity index (χ1) is 8.58. The molecule has 102 valence electrons. The summed E-state index contributed by atoms with van der Waals surface area (Å²) in [5.41, 5.74) is 0.0506. The first-order valence-electron chi connectivity index (χ1n) is 6.59. The fourth-order valence-corrected chi connectivity index (χ4v) is 4.90. The van der Waals surface area contributed by atoms with Crippen molar-refractivity contribution in [1.82, 2.24) is 4.72 Å².